The molecule has 4 nitrogen and oxygen atoms in total. The van der Waals surface area contributed by atoms with E-state index in [4.69, 9.17) is 0 Å². The van der Waals surface area contributed by atoms with Gasteiger partial charge in [0.2, 0.25) is 10.0 Å². The molecule has 0 aliphatic heterocycles. The molecule has 2 aliphatic rings. The third-order valence-corrected chi connectivity index (χ3v) is 8.02. The van der Waals surface area contributed by atoms with Crippen molar-refractivity contribution in [3.8, 4) is 0 Å². The van der Waals surface area contributed by atoms with Gasteiger partial charge in [0, 0.05) is 12.1 Å². The van der Waals surface area contributed by atoms with Crippen molar-refractivity contribution in [2.45, 2.75) is 33.1 Å². The molecular formula is C20H23NO3S. The second-order valence-corrected chi connectivity index (χ2v) is 9.81. The number of carbonyl (C=O) groups excluding carboxylic acids is 1. The van der Waals surface area contributed by atoms with Gasteiger partial charge >= 0.3 is 0 Å². The zero-order valence-electron chi connectivity index (χ0n) is 14.6. The van der Waals surface area contributed by atoms with Gasteiger partial charge in [-0.3, -0.25) is 9.52 Å². The Morgan fingerprint density at radius 2 is 1.84 bits per heavy atom. The quantitative estimate of drug-likeness (QED) is 0.900. The number of rotatable bonds is 4. The van der Waals surface area contributed by atoms with Gasteiger partial charge in [0.1, 0.15) is 5.78 Å². The van der Waals surface area contributed by atoms with E-state index < -0.39 is 15.4 Å². The summed E-state index contributed by atoms with van der Waals surface area (Å²) in [7, 11) is -3.61. The monoisotopic (exact) mass is 357 g/mol. The van der Waals surface area contributed by atoms with Crippen LogP contribution >= 0.6 is 0 Å². The fourth-order valence-electron chi connectivity index (χ4n) is 4.90. The molecule has 2 bridgehead atoms. The minimum atomic E-state index is -3.61. The second-order valence-electron chi connectivity index (χ2n) is 8.09. The number of hydrogen-bond donors (Lipinski definition) is 1. The first-order valence-electron chi connectivity index (χ1n) is 8.76. The molecule has 0 spiro atoms. The standard InChI is InChI=1S/C20H23NO3S/c1-19(2)16-9-10-20(19,18(22)12-16)13-25(23,24)21-17-8-7-14-5-3-4-6-15(14)11-17/h3-8,11,16,21H,9-10,12-13H2,1-2H3/t16-,20+/m1/s1. The van der Waals surface area contributed by atoms with E-state index in [9.17, 15) is 13.2 Å². The van der Waals surface area contributed by atoms with Gasteiger partial charge < -0.3 is 0 Å². The molecule has 0 radical (unpaired) electrons. The maximum Gasteiger partial charge on any atom is 0.233 e. The minimum absolute atomic E-state index is 0.116. The maximum absolute atomic E-state index is 12.8. The molecule has 1 N–H and O–H groups in total. The molecule has 132 valence electrons. The molecule has 0 heterocycles. The summed E-state index contributed by atoms with van der Waals surface area (Å²) in [4.78, 5) is 12.6. The predicted octanol–water partition coefficient (Wildman–Crippen LogP) is 3.98. The largest absolute Gasteiger partial charge is 0.299 e. The van der Waals surface area contributed by atoms with Crippen molar-refractivity contribution in [1.29, 1.82) is 0 Å². The summed E-state index contributed by atoms with van der Waals surface area (Å²) in [6.45, 7) is 4.11. The molecule has 0 saturated heterocycles. The molecule has 0 amide bonds. The van der Waals surface area contributed by atoms with Gasteiger partial charge in [-0.15, -0.1) is 0 Å². The summed E-state index contributed by atoms with van der Waals surface area (Å²) in [5.74, 6) is 0.323. The molecule has 2 aliphatic carbocycles. The molecule has 2 aromatic carbocycles. The number of anilines is 1. The molecule has 0 unspecified atom stereocenters. The van der Waals surface area contributed by atoms with Crippen LogP contribution in [0.1, 0.15) is 33.1 Å². The summed E-state index contributed by atoms with van der Waals surface area (Å²) in [5.41, 5.74) is -0.435. The fourth-order valence-corrected chi connectivity index (χ4v) is 6.79. The average Bonchev–Trinajstić information content (AvgIpc) is 2.88. The molecular weight excluding hydrogens is 334 g/mol. The van der Waals surface area contributed by atoms with E-state index in [-0.39, 0.29) is 17.0 Å². The van der Waals surface area contributed by atoms with Crippen molar-refractivity contribution < 1.29 is 13.2 Å². The van der Waals surface area contributed by atoms with Crippen LogP contribution in [0, 0.1) is 16.7 Å². The van der Waals surface area contributed by atoms with Crippen LogP contribution in [0.2, 0.25) is 0 Å². The van der Waals surface area contributed by atoms with E-state index in [1.54, 1.807) is 6.07 Å². The number of nitrogens with one attached hydrogen (secondary N) is 1. The van der Waals surface area contributed by atoms with E-state index in [2.05, 4.69) is 18.6 Å². The number of carbonyl (C=O) groups is 1. The lowest BCUT2D eigenvalue weighted by atomic mass is 9.70. The third-order valence-electron chi connectivity index (χ3n) is 6.60. The van der Waals surface area contributed by atoms with E-state index in [0.29, 0.717) is 24.4 Å². The number of hydrogen-bond acceptors (Lipinski definition) is 3. The number of benzene rings is 2. The Labute approximate surface area is 148 Å². The van der Waals surface area contributed by atoms with Crippen LogP contribution < -0.4 is 4.72 Å². The van der Waals surface area contributed by atoms with E-state index in [1.807, 2.05) is 36.4 Å². The Bertz CT molecular complexity index is 964. The second kappa shape index (κ2) is 5.31. The fraction of sp³-hybridized carbons (Fsp3) is 0.450. The first-order valence-corrected chi connectivity index (χ1v) is 10.4. The zero-order valence-corrected chi connectivity index (χ0v) is 15.4. The topological polar surface area (TPSA) is 63.2 Å². The number of Topliss-reactive ketones (excluding diaryl/α,β-unsaturated/α-hetero) is 1. The number of fused-ring (bicyclic) bond motifs is 3. The van der Waals surface area contributed by atoms with Gasteiger partial charge in [0.15, 0.2) is 0 Å². The van der Waals surface area contributed by atoms with E-state index >= 15 is 0 Å². The van der Waals surface area contributed by atoms with Crippen molar-refractivity contribution in [3.05, 3.63) is 42.5 Å². The Hall–Kier alpha value is -1.88. The smallest absolute Gasteiger partial charge is 0.233 e. The SMILES string of the molecule is CC1(C)[C@@H]2CC[C@]1(CS(=O)(=O)Nc1ccc3ccccc3c1)C(=O)C2. The number of sulfonamides is 1. The lowest BCUT2D eigenvalue weighted by Crippen LogP contribution is -2.43. The van der Waals surface area contributed by atoms with Gasteiger partial charge in [-0.05, 0) is 47.1 Å². The van der Waals surface area contributed by atoms with Gasteiger partial charge in [0.05, 0.1) is 11.2 Å². The summed E-state index contributed by atoms with van der Waals surface area (Å²) < 4.78 is 28.4. The highest BCUT2D eigenvalue weighted by Crippen LogP contribution is 2.64. The first kappa shape index (κ1) is 16.6. The van der Waals surface area contributed by atoms with Crippen LogP contribution in [-0.2, 0) is 14.8 Å². The minimum Gasteiger partial charge on any atom is -0.299 e. The lowest BCUT2D eigenvalue weighted by Gasteiger charge is -2.36. The van der Waals surface area contributed by atoms with Crippen LogP contribution in [-0.4, -0.2) is 20.0 Å². The Kier molecular flexibility index (Phi) is 3.52. The Morgan fingerprint density at radius 3 is 2.48 bits per heavy atom. The van der Waals surface area contributed by atoms with Crippen LogP contribution in [0.15, 0.2) is 42.5 Å². The number of ketones is 1. The third kappa shape index (κ3) is 2.48. The molecule has 2 saturated carbocycles. The van der Waals surface area contributed by atoms with Gasteiger partial charge in [-0.25, -0.2) is 8.42 Å². The summed E-state index contributed by atoms with van der Waals surface area (Å²) >= 11 is 0. The van der Waals surface area contributed by atoms with Crippen molar-refractivity contribution in [2.75, 3.05) is 10.5 Å². The summed E-state index contributed by atoms with van der Waals surface area (Å²) in [6.07, 6.45) is 2.16. The molecule has 2 fully saturated rings. The Morgan fingerprint density at radius 1 is 1.12 bits per heavy atom. The first-order chi connectivity index (χ1) is 11.7. The highest BCUT2D eigenvalue weighted by Gasteiger charge is 2.65. The van der Waals surface area contributed by atoms with Crippen molar-refractivity contribution in [1.82, 2.24) is 0 Å². The van der Waals surface area contributed by atoms with Gasteiger partial charge in [-0.2, -0.15) is 0 Å². The van der Waals surface area contributed by atoms with E-state index in [1.165, 1.54) is 0 Å². The maximum atomic E-state index is 12.8. The zero-order chi connectivity index (χ0) is 17.9. The average molecular weight is 357 g/mol. The normalized spacial score (nSPS) is 27.8. The molecule has 4 rings (SSSR count). The summed E-state index contributed by atoms with van der Waals surface area (Å²) in [6, 6.07) is 13.3. The Balaban J connectivity index is 1.62. The van der Waals surface area contributed by atoms with E-state index in [0.717, 1.165) is 17.2 Å². The molecule has 2 aromatic rings. The molecule has 0 aromatic heterocycles. The summed E-state index contributed by atoms with van der Waals surface area (Å²) in [5, 5.41) is 2.05. The van der Waals surface area contributed by atoms with Crippen molar-refractivity contribution >= 4 is 32.3 Å². The lowest BCUT2D eigenvalue weighted by molar-refractivity contribution is -0.128. The predicted molar refractivity (Wildman–Crippen MR) is 99.9 cm³/mol. The molecule has 2 atom stereocenters. The molecule has 5 heteroatoms. The highest BCUT2D eigenvalue weighted by molar-refractivity contribution is 7.92. The molecule has 25 heavy (non-hydrogen) atoms. The van der Waals surface area contributed by atoms with Gasteiger partial charge in [-0.1, -0.05) is 44.2 Å². The van der Waals surface area contributed by atoms with Crippen molar-refractivity contribution in [2.24, 2.45) is 16.7 Å². The van der Waals surface area contributed by atoms with Crippen LogP contribution in [0.5, 0.6) is 0 Å². The van der Waals surface area contributed by atoms with Gasteiger partial charge in [0.25, 0.3) is 0 Å². The van der Waals surface area contributed by atoms with Crippen LogP contribution in [0.25, 0.3) is 10.8 Å². The highest BCUT2D eigenvalue weighted by atomic mass is 32.2. The van der Waals surface area contributed by atoms with Crippen molar-refractivity contribution in [3.63, 3.8) is 0 Å². The van der Waals surface area contributed by atoms with Crippen LogP contribution in [0.4, 0.5) is 5.69 Å². The van der Waals surface area contributed by atoms with Crippen LogP contribution in [0.3, 0.4) is 0 Å².